The molecule has 0 aromatic heterocycles. The molecule has 1 atom stereocenters. The van der Waals surface area contributed by atoms with Crippen LogP contribution in [0.4, 0.5) is 17.1 Å². The average Bonchev–Trinajstić information content (AvgIpc) is 3.10. The Morgan fingerprint density at radius 2 is 1.89 bits per heavy atom. The zero-order valence-corrected chi connectivity index (χ0v) is 16.8. The Morgan fingerprint density at radius 3 is 2.50 bits per heavy atom. The van der Waals surface area contributed by atoms with E-state index in [0.29, 0.717) is 18.7 Å². The zero-order valence-electron chi connectivity index (χ0n) is 16.8. The van der Waals surface area contributed by atoms with Gasteiger partial charge in [-0.1, -0.05) is 18.2 Å². The highest BCUT2D eigenvalue weighted by Gasteiger charge is 2.25. The molecule has 28 heavy (non-hydrogen) atoms. The van der Waals surface area contributed by atoms with Gasteiger partial charge in [-0.15, -0.1) is 0 Å². The smallest absolute Gasteiger partial charge is 0.246 e. The summed E-state index contributed by atoms with van der Waals surface area (Å²) in [4.78, 5) is 26.4. The van der Waals surface area contributed by atoms with E-state index in [1.807, 2.05) is 57.2 Å². The first kappa shape index (κ1) is 19.7. The predicted molar refractivity (Wildman–Crippen MR) is 112 cm³/mol. The highest BCUT2D eigenvalue weighted by atomic mass is 16.5. The number of nitrogens with one attached hydrogen (secondary N) is 2. The Bertz CT molecular complexity index is 874. The van der Waals surface area contributed by atoms with Gasteiger partial charge in [0, 0.05) is 30.4 Å². The second-order valence-corrected chi connectivity index (χ2v) is 7.16. The summed E-state index contributed by atoms with van der Waals surface area (Å²) in [7, 11) is 1.58. The minimum absolute atomic E-state index is 0.111. The molecule has 0 unspecified atom stereocenters. The number of carbonyl (C=O) groups is 2. The summed E-state index contributed by atoms with van der Waals surface area (Å²) < 4.78 is 5.48. The molecule has 6 heteroatoms. The van der Waals surface area contributed by atoms with Crippen LogP contribution in [0, 0.1) is 13.8 Å². The molecule has 2 aromatic carbocycles. The molecular formula is C22H27N3O3. The number of nitrogens with zero attached hydrogens (tertiary/aromatic N) is 1. The van der Waals surface area contributed by atoms with Crippen molar-refractivity contribution in [2.24, 2.45) is 0 Å². The van der Waals surface area contributed by atoms with Crippen LogP contribution >= 0.6 is 0 Å². The Balaban J connectivity index is 1.72. The lowest BCUT2D eigenvalue weighted by Gasteiger charge is -2.21. The van der Waals surface area contributed by atoms with E-state index >= 15 is 0 Å². The van der Waals surface area contributed by atoms with E-state index in [0.717, 1.165) is 34.6 Å². The van der Waals surface area contributed by atoms with Gasteiger partial charge in [0.2, 0.25) is 11.8 Å². The van der Waals surface area contributed by atoms with Crippen molar-refractivity contribution in [3.63, 3.8) is 0 Å². The molecular weight excluding hydrogens is 354 g/mol. The first-order valence-electron chi connectivity index (χ1n) is 9.52. The van der Waals surface area contributed by atoms with Crippen molar-refractivity contribution < 1.29 is 14.3 Å². The molecule has 0 bridgehead atoms. The summed E-state index contributed by atoms with van der Waals surface area (Å²) in [6.45, 7) is 6.47. The molecule has 1 fully saturated rings. The van der Waals surface area contributed by atoms with Crippen molar-refractivity contribution in [1.82, 2.24) is 0 Å². The lowest BCUT2D eigenvalue weighted by molar-refractivity contribution is -0.117. The largest absolute Gasteiger partial charge is 0.494 e. The molecule has 2 amide bonds. The van der Waals surface area contributed by atoms with Gasteiger partial charge in [-0.25, -0.2) is 0 Å². The quantitative estimate of drug-likeness (QED) is 0.797. The van der Waals surface area contributed by atoms with Crippen molar-refractivity contribution in [1.29, 1.82) is 0 Å². The van der Waals surface area contributed by atoms with Gasteiger partial charge in [-0.05, 0) is 50.5 Å². The minimum Gasteiger partial charge on any atom is -0.494 e. The number of methoxy groups -OCH3 is 1. The maximum absolute atomic E-state index is 12.6. The summed E-state index contributed by atoms with van der Waals surface area (Å²) in [5, 5.41) is 6.21. The summed E-state index contributed by atoms with van der Waals surface area (Å²) in [6.07, 6.45) is 1.43. The molecule has 1 aliphatic rings. The molecule has 2 N–H and O–H groups in total. The average molecular weight is 381 g/mol. The van der Waals surface area contributed by atoms with Gasteiger partial charge >= 0.3 is 0 Å². The second kappa shape index (κ2) is 8.33. The van der Waals surface area contributed by atoms with Crippen LogP contribution in [0.15, 0.2) is 36.4 Å². The third kappa shape index (κ3) is 4.11. The number of carbonyl (C=O) groups excluding carboxylic acids is 2. The van der Waals surface area contributed by atoms with Gasteiger partial charge in [0.15, 0.2) is 0 Å². The van der Waals surface area contributed by atoms with E-state index in [-0.39, 0.29) is 11.8 Å². The standard InChI is InChI=1S/C22H27N3O3/c1-14-7-5-8-15(2)21(14)24-22(27)16(3)23-17-10-11-18(19(13-17)28-4)25-12-6-9-20(25)26/h5,7-8,10-11,13,16,23H,6,9,12H2,1-4H3,(H,24,27)/t16-/m1/s1. The van der Waals surface area contributed by atoms with Crippen molar-refractivity contribution in [2.45, 2.75) is 39.7 Å². The number of anilines is 3. The first-order chi connectivity index (χ1) is 13.4. The number of ether oxygens (including phenoxy) is 1. The van der Waals surface area contributed by atoms with E-state index < -0.39 is 6.04 Å². The van der Waals surface area contributed by atoms with Crippen molar-refractivity contribution in [2.75, 3.05) is 29.2 Å². The zero-order chi connectivity index (χ0) is 20.3. The predicted octanol–water partition coefficient (Wildman–Crippen LogP) is 3.88. The SMILES string of the molecule is COc1cc(N[C@H](C)C(=O)Nc2c(C)cccc2C)ccc1N1CCCC1=O. The van der Waals surface area contributed by atoms with Crippen LogP contribution in [0.3, 0.4) is 0 Å². The van der Waals surface area contributed by atoms with Crippen molar-refractivity contribution in [3.05, 3.63) is 47.5 Å². The van der Waals surface area contributed by atoms with E-state index in [4.69, 9.17) is 4.74 Å². The summed E-state index contributed by atoms with van der Waals surface area (Å²) in [5.41, 5.74) is 4.44. The molecule has 2 aromatic rings. The number of hydrogen-bond acceptors (Lipinski definition) is 4. The van der Waals surface area contributed by atoms with Crippen LogP contribution in [0.25, 0.3) is 0 Å². The Labute approximate surface area is 165 Å². The lowest BCUT2D eigenvalue weighted by Crippen LogP contribution is -2.32. The minimum atomic E-state index is -0.442. The molecule has 0 saturated carbocycles. The summed E-state index contributed by atoms with van der Waals surface area (Å²) >= 11 is 0. The number of para-hydroxylation sites is 1. The number of hydrogen-bond donors (Lipinski definition) is 2. The molecule has 3 rings (SSSR count). The Kier molecular flexibility index (Phi) is 5.87. The monoisotopic (exact) mass is 381 g/mol. The van der Waals surface area contributed by atoms with Gasteiger partial charge in [-0.2, -0.15) is 0 Å². The third-order valence-corrected chi connectivity index (χ3v) is 5.05. The fourth-order valence-corrected chi connectivity index (χ4v) is 3.45. The van der Waals surface area contributed by atoms with Gasteiger partial charge in [0.25, 0.3) is 0 Å². The van der Waals surface area contributed by atoms with E-state index in [1.54, 1.807) is 12.0 Å². The fraction of sp³-hybridized carbons (Fsp3) is 0.364. The highest BCUT2D eigenvalue weighted by Crippen LogP contribution is 2.34. The number of amides is 2. The van der Waals surface area contributed by atoms with Crippen LogP contribution in [0.2, 0.25) is 0 Å². The fourth-order valence-electron chi connectivity index (χ4n) is 3.45. The molecule has 6 nitrogen and oxygen atoms in total. The van der Waals surface area contributed by atoms with E-state index in [2.05, 4.69) is 10.6 Å². The van der Waals surface area contributed by atoms with Crippen molar-refractivity contribution >= 4 is 28.9 Å². The van der Waals surface area contributed by atoms with Crippen molar-refractivity contribution in [3.8, 4) is 5.75 Å². The van der Waals surface area contributed by atoms with Gasteiger partial charge < -0.3 is 20.3 Å². The second-order valence-electron chi connectivity index (χ2n) is 7.16. The van der Waals surface area contributed by atoms with E-state index in [1.165, 1.54) is 0 Å². The maximum atomic E-state index is 12.6. The van der Waals surface area contributed by atoms with Crippen LogP contribution in [-0.2, 0) is 9.59 Å². The summed E-state index contributed by atoms with van der Waals surface area (Å²) in [6, 6.07) is 11.0. The topological polar surface area (TPSA) is 70.7 Å². The normalized spacial score (nSPS) is 14.7. The molecule has 1 heterocycles. The highest BCUT2D eigenvalue weighted by molar-refractivity contribution is 5.98. The molecule has 0 aliphatic carbocycles. The van der Waals surface area contributed by atoms with E-state index in [9.17, 15) is 9.59 Å². The van der Waals surface area contributed by atoms with Gasteiger partial charge in [0.1, 0.15) is 11.8 Å². The maximum Gasteiger partial charge on any atom is 0.246 e. The van der Waals surface area contributed by atoms with Gasteiger partial charge in [-0.3, -0.25) is 9.59 Å². The van der Waals surface area contributed by atoms with Crippen LogP contribution in [0.5, 0.6) is 5.75 Å². The lowest BCUT2D eigenvalue weighted by atomic mass is 10.1. The van der Waals surface area contributed by atoms with Crippen LogP contribution in [-0.4, -0.2) is 31.5 Å². The number of aryl methyl sites for hydroxylation is 2. The Hall–Kier alpha value is -3.02. The molecule has 0 radical (unpaired) electrons. The summed E-state index contributed by atoms with van der Waals surface area (Å²) in [5.74, 6) is 0.609. The third-order valence-electron chi connectivity index (χ3n) is 5.05. The van der Waals surface area contributed by atoms with Gasteiger partial charge in [0.05, 0.1) is 12.8 Å². The molecule has 148 valence electrons. The molecule has 1 aliphatic heterocycles. The molecule has 1 saturated heterocycles. The van der Waals surface area contributed by atoms with Crippen LogP contribution in [0.1, 0.15) is 30.9 Å². The van der Waals surface area contributed by atoms with Crippen LogP contribution < -0.4 is 20.3 Å². The number of benzene rings is 2. The first-order valence-corrected chi connectivity index (χ1v) is 9.52. The molecule has 0 spiro atoms. The number of rotatable bonds is 6. The Morgan fingerprint density at radius 1 is 1.18 bits per heavy atom.